The van der Waals surface area contributed by atoms with Crippen LogP contribution in [0.1, 0.15) is 15.9 Å². The maximum absolute atomic E-state index is 12.4. The van der Waals surface area contributed by atoms with Crippen molar-refractivity contribution in [2.45, 2.75) is 6.18 Å². The second kappa shape index (κ2) is 4.16. The van der Waals surface area contributed by atoms with Gasteiger partial charge in [-0.25, -0.2) is 9.59 Å². The first kappa shape index (κ1) is 11.9. The molecule has 0 aliphatic heterocycles. The summed E-state index contributed by atoms with van der Waals surface area (Å²) in [5.41, 5.74) is -2.47. The highest BCUT2D eigenvalue weighted by Crippen LogP contribution is 2.36. The number of benzene rings is 1. The minimum atomic E-state index is -4.78. The first-order valence-electron chi connectivity index (χ1n) is 3.88. The first-order valence-corrected chi connectivity index (χ1v) is 3.88. The molecule has 0 aromatic heterocycles. The summed E-state index contributed by atoms with van der Waals surface area (Å²) in [7, 11) is 0. The highest BCUT2D eigenvalue weighted by atomic mass is 19.4. The Kier molecular flexibility index (Phi) is 3.10. The van der Waals surface area contributed by atoms with Crippen molar-refractivity contribution in [3.05, 3.63) is 29.3 Å². The summed E-state index contributed by atoms with van der Waals surface area (Å²) in [6.45, 7) is 0. The van der Waals surface area contributed by atoms with Gasteiger partial charge in [0.05, 0.1) is 16.8 Å². The molecule has 0 heterocycles. The van der Waals surface area contributed by atoms with E-state index >= 15 is 0 Å². The number of halogens is 3. The number of carbonyl (C=O) groups is 1. The molecule has 1 N–H and O–H groups in total. The zero-order valence-electron chi connectivity index (χ0n) is 7.58. The quantitative estimate of drug-likeness (QED) is 0.627. The minimum absolute atomic E-state index is 0.415. The molecule has 7 heteroatoms. The summed E-state index contributed by atoms with van der Waals surface area (Å²) in [5.74, 6) is -1.49. The lowest BCUT2D eigenvalue weighted by Gasteiger charge is -2.09. The SMILES string of the molecule is O=C=Nc1ccc(C(=O)O)cc1C(F)(F)F. The van der Waals surface area contributed by atoms with E-state index in [1.165, 1.54) is 0 Å². The van der Waals surface area contributed by atoms with Crippen molar-refractivity contribution in [2.75, 3.05) is 0 Å². The third kappa shape index (κ3) is 2.46. The third-order valence-corrected chi connectivity index (χ3v) is 1.71. The average Bonchev–Trinajstić information content (AvgIpc) is 2.16. The average molecular weight is 231 g/mol. The van der Waals surface area contributed by atoms with Gasteiger partial charge in [-0.1, -0.05) is 0 Å². The Morgan fingerprint density at radius 1 is 1.38 bits per heavy atom. The third-order valence-electron chi connectivity index (χ3n) is 1.71. The van der Waals surface area contributed by atoms with Gasteiger partial charge in [0.1, 0.15) is 0 Å². The minimum Gasteiger partial charge on any atom is -0.478 e. The molecule has 1 rings (SSSR count). The van der Waals surface area contributed by atoms with Crippen LogP contribution >= 0.6 is 0 Å². The van der Waals surface area contributed by atoms with Gasteiger partial charge < -0.3 is 5.11 Å². The van der Waals surface area contributed by atoms with E-state index < -0.39 is 29.0 Å². The van der Waals surface area contributed by atoms with Crippen LogP contribution < -0.4 is 0 Å². The Morgan fingerprint density at radius 2 is 2.00 bits per heavy atom. The molecular weight excluding hydrogens is 227 g/mol. The van der Waals surface area contributed by atoms with Crippen molar-refractivity contribution in [1.82, 2.24) is 0 Å². The largest absolute Gasteiger partial charge is 0.478 e. The van der Waals surface area contributed by atoms with E-state index in [4.69, 9.17) is 5.11 Å². The summed E-state index contributed by atoms with van der Waals surface area (Å²) >= 11 is 0. The van der Waals surface area contributed by atoms with Gasteiger partial charge in [-0.05, 0) is 18.2 Å². The molecular formula is C9H4F3NO3. The Bertz CT molecular complexity index is 475. The van der Waals surface area contributed by atoms with Crippen LogP contribution in [-0.2, 0) is 11.0 Å². The molecule has 0 saturated carbocycles. The standard InChI is InChI=1S/C9H4F3NO3/c10-9(11,12)6-3-5(8(15)16)1-2-7(6)13-4-14/h1-3H,(H,15,16). The van der Waals surface area contributed by atoms with Gasteiger partial charge in [-0.15, -0.1) is 0 Å². The molecule has 0 aliphatic rings. The molecule has 0 radical (unpaired) electrons. The molecule has 0 saturated heterocycles. The smallest absolute Gasteiger partial charge is 0.418 e. The normalized spacial score (nSPS) is 10.7. The van der Waals surface area contributed by atoms with E-state index in [0.29, 0.717) is 6.07 Å². The van der Waals surface area contributed by atoms with Gasteiger partial charge in [-0.2, -0.15) is 18.2 Å². The molecule has 1 aromatic carbocycles. The van der Waals surface area contributed by atoms with Gasteiger partial charge in [-0.3, -0.25) is 0 Å². The first-order chi connectivity index (χ1) is 7.36. The highest BCUT2D eigenvalue weighted by molar-refractivity contribution is 5.88. The molecule has 0 unspecified atom stereocenters. The van der Waals surface area contributed by atoms with Gasteiger partial charge in [0, 0.05) is 0 Å². The molecule has 0 amide bonds. The molecule has 0 fully saturated rings. The Morgan fingerprint density at radius 3 is 2.44 bits per heavy atom. The Hall–Kier alpha value is -2.14. The van der Waals surface area contributed by atoms with E-state index in [1.54, 1.807) is 0 Å². The zero-order valence-corrected chi connectivity index (χ0v) is 7.58. The monoisotopic (exact) mass is 231 g/mol. The summed E-state index contributed by atoms with van der Waals surface area (Å²) < 4.78 is 37.3. The topological polar surface area (TPSA) is 66.7 Å². The summed E-state index contributed by atoms with van der Waals surface area (Å²) in [5, 5.41) is 8.52. The predicted octanol–water partition coefficient (Wildman–Crippen LogP) is 2.37. The number of carboxylic acids is 1. The van der Waals surface area contributed by atoms with Crippen LogP contribution in [0.3, 0.4) is 0 Å². The number of aliphatic imine (C=N–C) groups is 1. The fourth-order valence-electron chi connectivity index (χ4n) is 1.04. The lowest BCUT2D eigenvalue weighted by atomic mass is 10.1. The molecule has 0 spiro atoms. The lowest BCUT2D eigenvalue weighted by Crippen LogP contribution is -2.07. The van der Waals surface area contributed by atoms with E-state index in [9.17, 15) is 22.8 Å². The molecule has 0 atom stereocenters. The number of rotatable bonds is 2. The number of hydrogen-bond donors (Lipinski definition) is 1. The van der Waals surface area contributed by atoms with Gasteiger partial charge >= 0.3 is 12.1 Å². The lowest BCUT2D eigenvalue weighted by molar-refractivity contribution is -0.137. The maximum Gasteiger partial charge on any atom is 0.418 e. The van der Waals surface area contributed by atoms with E-state index in [-0.39, 0.29) is 0 Å². The van der Waals surface area contributed by atoms with Crippen molar-refractivity contribution in [3.8, 4) is 0 Å². The Balaban J connectivity index is 3.44. The maximum atomic E-state index is 12.4. The Labute approximate surface area is 87.0 Å². The van der Waals surface area contributed by atoms with E-state index in [1.807, 2.05) is 0 Å². The number of nitrogens with zero attached hydrogens (tertiary/aromatic N) is 1. The van der Waals surface area contributed by atoms with Crippen LogP contribution in [0.5, 0.6) is 0 Å². The van der Waals surface area contributed by atoms with Gasteiger partial charge in [0.25, 0.3) is 0 Å². The number of isocyanates is 1. The highest BCUT2D eigenvalue weighted by Gasteiger charge is 2.34. The van der Waals surface area contributed by atoms with Crippen molar-refractivity contribution in [1.29, 1.82) is 0 Å². The van der Waals surface area contributed by atoms with Crippen LogP contribution in [0.2, 0.25) is 0 Å². The van der Waals surface area contributed by atoms with Crippen LogP contribution in [0, 0.1) is 0 Å². The number of carboxylic acid groups (broad SMARTS) is 1. The van der Waals surface area contributed by atoms with Crippen molar-refractivity contribution in [2.24, 2.45) is 4.99 Å². The van der Waals surface area contributed by atoms with Crippen LogP contribution in [0.4, 0.5) is 18.9 Å². The fourth-order valence-corrected chi connectivity index (χ4v) is 1.04. The molecule has 0 bridgehead atoms. The van der Waals surface area contributed by atoms with Crippen molar-refractivity contribution >= 4 is 17.7 Å². The second-order valence-corrected chi connectivity index (χ2v) is 2.74. The van der Waals surface area contributed by atoms with Crippen LogP contribution in [0.15, 0.2) is 23.2 Å². The molecule has 4 nitrogen and oxygen atoms in total. The van der Waals surface area contributed by atoms with Crippen LogP contribution in [-0.4, -0.2) is 17.2 Å². The second-order valence-electron chi connectivity index (χ2n) is 2.74. The number of carbonyl (C=O) groups excluding carboxylic acids is 1. The van der Waals surface area contributed by atoms with Gasteiger partial charge in [0.15, 0.2) is 0 Å². The molecule has 0 aliphatic carbocycles. The van der Waals surface area contributed by atoms with Crippen LogP contribution in [0.25, 0.3) is 0 Å². The van der Waals surface area contributed by atoms with Gasteiger partial charge in [0.2, 0.25) is 6.08 Å². The van der Waals surface area contributed by atoms with Crippen molar-refractivity contribution < 1.29 is 27.9 Å². The van der Waals surface area contributed by atoms with E-state index in [2.05, 4.69) is 4.99 Å². The summed E-state index contributed by atoms with van der Waals surface area (Å²) in [6, 6.07) is 2.14. The number of hydrogen-bond acceptors (Lipinski definition) is 3. The summed E-state index contributed by atoms with van der Waals surface area (Å²) in [4.78, 5) is 23.2. The molecule has 16 heavy (non-hydrogen) atoms. The number of aromatic carboxylic acids is 1. The number of alkyl halides is 3. The predicted molar refractivity (Wildman–Crippen MR) is 46.2 cm³/mol. The zero-order chi connectivity index (χ0) is 12.3. The van der Waals surface area contributed by atoms with E-state index in [0.717, 1.165) is 18.2 Å². The molecule has 1 aromatic rings. The molecule has 84 valence electrons. The summed E-state index contributed by atoms with van der Waals surface area (Å²) in [6.07, 6.45) is -3.80. The fraction of sp³-hybridized carbons (Fsp3) is 0.111. The van der Waals surface area contributed by atoms with Crippen molar-refractivity contribution in [3.63, 3.8) is 0 Å².